The van der Waals surface area contributed by atoms with Crippen molar-refractivity contribution in [2.75, 3.05) is 13.1 Å². The molecule has 2 aromatic carbocycles. The zero-order valence-electron chi connectivity index (χ0n) is 13.4. The van der Waals surface area contributed by atoms with Crippen LogP contribution in [0.25, 0.3) is 0 Å². The second-order valence-electron chi connectivity index (χ2n) is 6.01. The standard InChI is InChI=1S/C17H18ClNO4S2/c18-15-6-8-16(9-7-15)25(22,23)17-10-11-19(12-17)24(20,21)13-14-4-2-1-3-5-14/h1-9,17H,10-13H2. The Balaban J connectivity index is 1.75. The van der Waals surface area contributed by atoms with Gasteiger partial charge < -0.3 is 0 Å². The zero-order valence-corrected chi connectivity index (χ0v) is 15.8. The van der Waals surface area contributed by atoms with Crippen molar-refractivity contribution in [1.29, 1.82) is 0 Å². The molecule has 0 spiro atoms. The van der Waals surface area contributed by atoms with Gasteiger partial charge in [-0.15, -0.1) is 0 Å². The molecule has 0 bridgehead atoms. The summed E-state index contributed by atoms with van der Waals surface area (Å²) >= 11 is 5.80. The summed E-state index contributed by atoms with van der Waals surface area (Å²) in [6.07, 6.45) is 0.291. The van der Waals surface area contributed by atoms with E-state index in [1.54, 1.807) is 24.3 Å². The van der Waals surface area contributed by atoms with E-state index >= 15 is 0 Å². The van der Waals surface area contributed by atoms with Crippen LogP contribution >= 0.6 is 11.6 Å². The number of benzene rings is 2. The van der Waals surface area contributed by atoms with E-state index in [2.05, 4.69) is 0 Å². The van der Waals surface area contributed by atoms with Crippen molar-refractivity contribution < 1.29 is 16.8 Å². The van der Waals surface area contributed by atoms with Gasteiger partial charge in [0.1, 0.15) is 0 Å². The molecule has 1 fully saturated rings. The molecular formula is C17H18ClNO4S2. The predicted octanol–water partition coefficient (Wildman–Crippen LogP) is 2.72. The van der Waals surface area contributed by atoms with Gasteiger partial charge in [-0.05, 0) is 36.2 Å². The summed E-state index contributed by atoms with van der Waals surface area (Å²) in [6.45, 7) is 0.201. The molecule has 1 aliphatic rings. The van der Waals surface area contributed by atoms with Crippen molar-refractivity contribution in [2.45, 2.75) is 22.3 Å². The van der Waals surface area contributed by atoms with Crippen LogP contribution in [0.5, 0.6) is 0 Å². The summed E-state index contributed by atoms with van der Waals surface area (Å²) in [4.78, 5) is 0.171. The fourth-order valence-electron chi connectivity index (χ4n) is 2.90. The van der Waals surface area contributed by atoms with Crippen LogP contribution < -0.4 is 0 Å². The first-order chi connectivity index (χ1) is 11.8. The second-order valence-corrected chi connectivity index (χ2v) is 10.6. The minimum atomic E-state index is -3.59. The monoisotopic (exact) mass is 399 g/mol. The number of sulfone groups is 1. The fourth-order valence-corrected chi connectivity index (χ4v) is 6.40. The molecule has 0 radical (unpaired) electrons. The molecule has 0 aromatic heterocycles. The molecule has 0 amide bonds. The second kappa shape index (κ2) is 7.07. The lowest BCUT2D eigenvalue weighted by atomic mass is 10.2. The lowest BCUT2D eigenvalue weighted by molar-refractivity contribution is 0.475. The molecule has 0 aliphatic carbocycles. The van der Waals surface area contributed by atoms with Crippen LogP contribution in [0.1, 0.15) is 12.0 Å². The highest BCUT2D eigenvalue weighted by atomic mass is 35.5. The smallest absolute Gasteiger partial charge is 0.218 e. The van der Waals surface area contributed by atoms with E-state index in [-0.39, 0.29) is 23.7 Å². The lowest BCUT2D eigenvalue weighted by Crippen LogP contribution is -2.32. The van der Waals surface area contributed by atoms with E-state index < -0.39 is 25.1 Å². The Labute approximate surface area is 153 Å². The Kier molecular flexibility index (Phi) is 5.20. The number of halogens is 1. The Bertz CT molecular complexity index is 942. The minimum Gasteiger partial charge on any atom is -0.223 e. The summed E-state index contributed by atoms with van der Waals surface area (Å²) in [6, 6.07) is 14.8. The SMILES string of the molecule is O=S(=O)(c1ccc(Cl)cc1)C1CCN(S(=O)(=O)Cc2ccccc2)C1. The molecule has 25 heavy (non-hydrogen) atoms. The Morgan fingerprint density at radius 1 is 0.960 bits per heavy atom. The minimum absolute atomic E-state index is 0.0138. The molecule has 0 N–H and O–H groups in total. The lowest BCUT2D eigenvalue weighted by Gasteiger charge is -2.17. The molecule has 2 aromatic rings. The van der Waals surface area contributed by atoms with Gasteiger partial charge in [0, 0.05) is 18.1 Å². The van der Waals surface area contributed by atoms with Gasteiger partial charge in [0.15, 0.2) is 9.84 Å². The van der Waals surface area contributed by atoms with E-state index in [0.29, 0.717) is 17.0 Å². The highest BCUT2D eigenvalue weighted by molar-refractivity contribution is 7.92. The van der Waals surface area contributed by atoms with Gasteiger partial charge in [-0.2, -0.15) is 0 Å². The number of rotatable bonds is 5. The summed E-state index contributed by atoms with van der Waals surface area (Å²) in [5.41, 5.74) is 0.687. The zero-order chi connectivity index (χ0) is 18.1. The molecule has 1 saturated heterocycles. The maximum absolute atomic E-state index is 12.7. The molecule has 8 heteroatoms. The first-order valence-electron chi connectivity index (χ1n) is 7.80. The van der Waals surface area contributed by atoms with Crippen molar-refractivity contribution in [3.8, 4) is 0 Å². The normalized spacial score (nSPS) is 19.2. The first-order valence-corrected chi connectivity index (χ1v) is 11.3. The maximum atomic E-state index is 12.7. The highest BCUT2D eigenvalue weighted by Gasteiger charge is 2.38. The average molecular weight is 400 g/mol. The molecular weight excluding hydrogens is 382 g/mol. The quantitative estimate of drug-likeness (QED) is 0.775. The van der Waals surface area contributed by atoms with Crippen molar-refractivity contribution in [1.82, 2.24) is 4.31 Å². The third-order valence-electron chi connectivity index (χ3n) is 4.27. The summed E-state index contributed by atoms with van der Waals surface area (Å²) in [5.74, 6) is -0.123. The van der Waals surface area contributed by atoms with Crippen LogP contribution in [0, 0.1) is 0 Å². The average Bonchev–Trinajstić information content (AvgIpc) is 3.07. The Morgan fingerprint density at radius 3 is 2.24 bits per heavy atom. The number of nitrogens with zero attached hydrogens (tertiary/aromatic N) is 1. The Morgan fingerprint density at radius 2 is 1.60 bits per heavy atom. The molecule has 1 atom stereocenters. The van der Waals surface area contributed by atoms with Gasteiger partial charge in [-0.1, -0.05) is 41.9 Å². The molecule has 1 heterocycles. The van der Waals surface area contributed by atoms with Crippen LogP contribution in [-0.2, 0) is 25.6 Å². The molecule has 134 valence electrons. The van der Waals surface area contributed by atoms with Gasteiger partial charge in [0.25, 0.3) is 0 Å². The van der Waals surface area contributed by atoms with E-state index in [9.17, 15) is 16.8 Å². The molecule has 3 rings (SSSR count). The van der Waals surface area contributed by atoms with Crippen molar-refractivity contribution in [3.05, 3.63) is 65.2 Å². The fraction of sp³-hybridized carbons (Fsp3) is 0.294. The number of sulfonamides is 1. The van der Waals surface area contributed by atoms with Crippen LogP contribution in [0.4, 0.5) is 0 Å². The summed E-state index contributed by atoms with van der Waals surface area (Å²) in [7, 11) is -7.13. The van der Waals surface area contributed by atoms with E-state index in [0.717, 1.165) is 0 Å². The van der Waals surface area contributed by atoms with E-state index in [4.69, 9.17) is 11.6 Å². The van der Waals surface area contributed by atoms with Gasteiger partial charge >= 0.3 is 0 Å². The summed E-state index contributed by atoms with van der Waals surface area (Å²) < 4.78 is 51.8. The number of hydrogen-bond acceptors (Lipinski definition) is 4. The third-order valence-corrected chi connectivity index (χ3v) is 8.53. The highest BCUT2D eigenvalue weighted by Crippen LogP contribution is 2.27. The topological polar surface area (TPSA) is 71.5 Å². The number of hydrogen-bond donors (Lipinski definition) is 0. The van der Waals surface area contributed by atoms with Crippen LogP contribution in [-0.4, -0.2) is 39.5 Å². The van der Waals surface area contributed by atoms with Crippen molar-refractivity contribution in [2.24, 2.45) is 0 Å². The van der Waals surface area contributed by atoms with Crippen molar-refractivity contribution >= 4 is 31.5 Å². The molecule has 1 unspecified atom stereocenters. The third kappa shape index (κ3) is 4.06. The van der Waals surface area contributed by atoms with Gasteiger partial charge in [0.2, 0.25) is 10.0 Å². The summed E-state index contributed by atoms with van der Waals surface area (Å²) in [5, 5.41) is -0.281. The van der Waals surface area contributed by atoms with Crippen LogP contribution in [0.15, 0.2) is 59.5 Å². The van der Waals surface area contributed by atoms with Gasteiger partial charge in [0.05, 0.1) is 15.9 Å². The molecule has 5 nitrogen and oxygen atoms in total. The predicted molar refractivity (Wildman–Crippen MR) is 97.7 cm³/mol. The van der Waals surface area contributed by atoms with Gasteiger partial charge in [-0.25, -0.2) is 21.1 Å². The molecule has 1 aliphatic heterocycles. The van der Waals surface area contributed by atoms with E-state index in [1.807, 2.05) is 6.07 Å². The largest absolute Gasteiger partial charge is 0.223 e. The van der Waals surface area contributed by atoms with Gasteiger partial charge in [-0.3, -0.25) is 0 Å². The van der Waals surface area contributed by atoms with Crippen LogP contribution in [0.3, 0.4) is 0 Å². The first kappa shape index (κ1) is 18.4. The Hall–Kier alpha value is -1.41. The maximum Gasteiger partial charge on any atom is 0.218 e. The molecule has 0 saturated carbocycles. The van der Waals surface area contributed by atoms with Crippen LogP contribution in [0.2, 0.25) is 5.02 Å². The van der Waals surface area contributed by atoms with Crippen molar-refractivity contribution in [3.63, 3.8) is 0 Å². The van der Waals surface area contributed by atoms with E-state index in [1.165, 1.54) is 28.6 Å².